The van der Waals surface area contributed by atoms with E-state index in [0.717, 1.165) is 32.4 Å². The van der Waals surface area contributed by atoms with Crippen molar-refractivity contribution in [1.82, 2.24) is 5.32 Å². The van der Waals surface area contributed by atoms with Crippen LogP contribution >= 0.6 is 0 Å². The fourth-order valence-corrected chi connectivity index (χ4v) is 3.01. The first-order valence-electron chi connectivity index (χ1n) is 7.85. The van der Waals surface area contributed by atoms with E-state index < -0.39 is 5.54 Å². The minimum absolute atomic E-state index is 0.130. The Morgan fingerprint density at radius 1 is 1.30 bits per heavy atom. The number of carbonyl (C=O) groups excluding carboxylic acids is 1. The van der Waals surface area contributed by atoms with Crippen molar-refractivity contribution >= 4 is 5.97 Å². The molecule has 2 rings (SSSR count). The highest BCUT2D eigenvalue weighted by Gasteiger charge is 2.44. The largest absolute Gasteiger partial charge is 0.465 e. The van der Waals surface area contributed by atoms with Crippen LogP contribution < -0.4 is 5.32 Å². The first-order valence-corrected chi connectivity index (χ1v) is 7.85. The predicted octanol–water partition coefficient (Wildman–Crippen LogP) is 1.65. The lowest BCUT2D eigenvalue weighted by Crippen LogP contribution is -2.59. The molecular weight excluding hydrogens is 258 g/mol. The van der Waals surface area contributed by atoms with Gasteiger partial charge in [0.15, 0.2) is 0 Å². The van der Waals surface area contributed by atoms with E-state index in [-0.39, 0.29) is 18.2 Å². The van der Waals surface area contributed by atoms with E-state index in [1.54, 1.807) is 0 Å². The first kappa shape index (κ1) is 15.7. The van der Waals surface area contributed by atoms with E-state index >= 15 is 0 Å². The fourth-order valence-electron chi connectivity index (χ4n) is 3.01. The summed E-state index contributed by atoms with van der Waals surface area (Å²) in [6.45, 7) is 6.51. The summed E-state index contributed by atoms with van der Waals surface area (Å²) in [5, 5.41) is 3.45. The van der Waals surface area contributed by atoms with Gasteiger partial charge >= 0.3 is 5.97 Å². The van der Waals surface area contributed by atoms with Crippen LogP contribution in [-0.2, 0) is 19.0 Å². The van der Waals surface area contributed by atoms with Crippen LogP contribution in [0.1, 0.15) is 46.0 Å². The van der Waals surface area contributed by atoms with E-state index in [0.29, 0.717) is 26.1 Å². The molecule has 2 aliphatic rings. The van der Waals surface area contributed by atoms with Crippen LogP contribution in [0.5, 0.6) is 0 Å². The van der Waals surface area contributed by atoms with E-state index in [2.05, 4.69) is 12.2 Å². The number of hydrogen-bond acceptors (Lipinski definition) is 5. The van der Waals surface area contributed by atoms with E-state index in [4.69, 9.17) is 14.2 Å². The molecule has 1 N–H and O–H groups in total. The molecular formula is C15H27NO4. The highest BCUT2D eigenvalue weighted by Crippen LogP contribution is 2.28. The van der Waals surface area contributed by atoms with Crippen molar-refractivity contribution in [2.24, 2.45) is 0 Å². The molecule has 2 saturated heterocycles. The molecule has 20 heavy (non-hydrogen) atoms. The summed E-state index contributed by atoms with van der Waals surface area (Å²) in [6.07, 6.45) is 4.82. The second-order valence-electron chi connectivity index (χ2n) is 5.67. The lowest BCUT2D eigenvalue weighted by molar-refractivity contribution is -0.158. The van der Waals surface area contributed by atoms with Gasteiger partial charge in [-0.2, -0.15) is 0 Å². The Kier molecular flexibility index (Phi) is 5.81. The summed E-state index contributed by atoms with van der Waals surface area (Å²) in [7, 11) is 0. The SMILES string of the molecule is CCOC(=O)C1(NCC2CCCO2)CCOC(CC)C1. The van der Waals surface area contributed by atoms with Crippen molar-refractivity contribution in [1.29, 1.82) is 0 Å². The van der Waals surface area contributed by atoms with Gasteiger partial charge in [0, 0.05) is 26.2 Å². The smallest absolute Gasteiger partial charge is 0.326 e. The molecule has 0 aromatic carbocycles. The standard InChI is InChI=1S/C15H27NO4/c1-3-12-10-15(7-9-20-12,14(17)18-4-2)16-11-13-6-5-8-19-13/h12-13,16H,3-11H2,1-2H3. The maximum absolute atomic E-state index is 12.4. The Hall–Kier alpha value is -0.650. The normalized spacial score (nSPS) is 34.1. The monoisotopic (exact) mass is 285 g/mol. The Balaban J connectivity index is 2.00. The zero-order valence-corrected chi connectivity index (χ0v) is 12.7. The van der Waals surface area contributed by atoms with Crippen LogP contribution in [0.3, 0.4) is 0 Å². The maximum atomic E-state index is 12.4. The molecule has 0 aromatic heterocycles. The Bertz CT molecular complexity index is 317. The molecule has 0 spiro atoms. The van der Waals surface area contributed by atoms with E-state index in [1.807, 2.05) is 6.92 Å². The summed E-state index contributed by atoms with van der Waals surface area (Å²) in [6, 6.07) is 0. The molecule has 0 amide bonds. The molecule has 116 valence electrons. The molecule has 0 saturated carbocycles. The molecule has 0 aliphatic carbocycles. The van der Waals surface area contributed by atoms with Gasteiger partial charge in [0.25, 0.3) is 0 Å². The predicted molar refractivity (Wildman–Crippen MR) is 75.6 cm³/mol. The zero-order valence-electron chi connectivity index (χ0n) is 12.7. The number of rotatable bonds is 6. The van der Waals surface area contributed by atoms with Gasteiger partial charge in [0.1, 0.15) is 5.54 Å². The molecule has 2 heterocycles. The summed E-state index contributed by atoms with van der Waals surface area (Å²) in [5.74, 6) is -0.139. The van der Waals surface area contributed by atoms with Gasteiger partial charge in [0.2, 0.25) is 0 Å². The minimum Gasteiger partial charge on any atom is -0.465 e. The molecule has 0 aromatic rings. The van der Waals surface area contributed by atoms with Gasteiger partial charge in [-0.05, 0) is 32.6 Å². The lowest BCUT2D eigenvalue weighted by Gasteiger charge is -2.39. The van der Waals surface area contributed by atoms with Crippen LogP contribution in [0, 0.1) is 0 Å². The molecule has 3 unspecified atom stereocenters. The van der Waals surface area contributed by atoms with Gasteiger partial charge in [0.05, 0.1) is 18.8 Å². The topological polar surface area (TPSA) is 56.8 Å². The second kappa shape index (κ2) is 7.38. The number of esters is 1. The quantitative estimate of drug-likeness (QED) is 0.752. The van der Waals surface area contributed by atoms with Crippen LogP contribution in [0.15, 0.2) is 0 Å². The van der Waals surface area contributed by atoms with Crippen molar-refractivity contribution in [3.05, 3.63) is 0 Å². The Morgan fingerprint density at radius 3 is 2.75 bits per heavy atom. The van der Waals surface area contributed by atoms with E-state index in [1.165, 1.54) is 0 Å². The molecule has 5 nitrogen and oxygen atoms in total. The summed E-state index contributed by atoms with van der Waals surface area (Å²) < 4.78 is 16.6. The number of ether oxygens (including phenoxy) is 3. The van der Waals surface area contributed by atoms with Crippen molar-refractivity contribution in [2.75, 3.05) is 26.4 Å². The maximum Gasteiger partial charge on any atom is 0.326 e. The third-order valence-electron chi connectivity index (χ3n) is 4.27. The second-order valence-corrected chi connectivity index (χ2v) is 5.67. The summed E-state index contributed by atoms with van der Waals surface area (Å²) in [5.41, 5.74) is -0.596. The van der Waals surface area contributed by atoms with Crippen LogP contribution in [-0.4, -0.2) is 50.1 Å². The fraction of sp³-hybridized carbons (Fsp3) is 0.933. The molecule has 2 aliphatic heterocycles. The van der Waals surface area contributed by atoms with E-state index in [9.17, 15) is 4.79 Å². The summed E-state index contributed by atoms with van der Waals surface area (Å²) in [4.78, 5) is 12.4. The highest BCUT2D eigenvalue weighted by atomic mass is 16.5. The van der Waals surface area contributed by atoms with Crippen LogP contribution in [0.2, 0.25) is 0 Å². The lowest BCUT2D eigenvalue weighted by atomic mass is 9.85. The van der Waals surface area contributed by atoms with Gasteiger partial charge in [-0.1, -0.05) is 6.92 Å². The van der Waals surface area contributed by atoms with Crippen LogP contribution in [0.25, 0.3) is 0 Å². The third-order valence-corrected chi connectivity index (χ3v) is 4.27. The first-order chi connectivity index (χ1) is 9.70. The summed E-state index contributed by atoms with van der Waals surface area (Å²) >= 11 is 0. The highest BCUT2D eigenvalue weighted by molar-refractivity contribution is 5.81. The number of hydrogen-bond donors (Lipinski definition) is 1. The van der Waals surface area contributed by atoms with Crippen molar-refractivity contribution in [3.8, 4) is 0 Å². The van der Waals surface area contributed by atoms with Crippen molar-refractivity contribution in [3.63, 3.8) is 0 Å². The van der Waals surface area contributed by atoms with Crippen molar-refractivity contribution < 1.29 is 19.0 Å². The molecule has 5 heteroatoms. The third kappa shape index (κ3) is 3.71. The van der Waals surface area contributed by atoms with Gasteiger partial charge in [-0.3, -0.25) is 10.1 Å². The minimum atomic E-state index is -0.596. The van der Waals surface area contributed by atoms with Gasteiger partial charge < -0.3 is 14.2 Å². The Labute approximate surface area is 121 Å². The molecule has 3 atom stereocenters. The van der Waals surface area contributed by atoms with Crippen LogP contribution in [0.4, 0.5) is 0 Å². The van der Waals surface area contributed by atoms with Crippen molar-refractivity contribution in [2.45, 2.75) is 63.7 Å². The average molecular weight is 285 g/mol. The zero-order chi connectivity index (χ0) is 14.4. The molecule has 2 fully saturated rings. The number of carbonyl (C=O) groups is 1. The molecule has 0 radical (unpaired) electrons. The number of nitrogens with one attached hydrogen (secondary N) is 1. The van der Waals surface area contributed by atoms with Gasteiger partial charge in [-0.15, -0.1) is 0 Å². The Morgan fingerprint density at radius 2 is 2.10 bits per heavy atom. The molecule has 0 bridgehead atoms. The van der Waals surface area contributed by atoms with Gasteiger partial charge in [-0.25, -0.2) is 0 Å². The average Bonchev–Trinajstić information content (AvgIpc) is 2.99.